The minimum Gasteiger partial charge on any atom is -0.383 e. The number of hydrogen-bond donors (Lipinski definition) is 1. The third kappa shape index (κ3) is 4.30. The number of aromatic nitrogens is 2. The molecule has 1 heterocycles. The molecule has 1 atom stereocenters. The first kappa shape index (κ1) is 14.5. The summed E-state index contributed by atoms with van der Waals surface area (Å²) < 4.78 is 7.13. The highest BCUT2D eigenvalue weighted by Crippen LogP contribution is 2.06. The lowest BCUT2D eigenvalue weighted by molar-refractivity contribution is 0.172. The van der Waals surface area contributed by atoms with Crippen molar-refractivity contribution >= 4 is 11.6 Å². The van der Waals surface area contributed by atoms with Crippen molar-refractivity contribution in [3.8, 4) is 0 Å². The predicted molar refractivity (Wildman–Crippen MR) is 70.5 cm³/mol. The zero-order valence-corrected chi connectivity index (χ0v) is 11.6. The lowest BCUT2D eigenvalue weighted by Crippen LogP contribution is -2.34. The van der Waals surface area contributed by atoms with Gasteiger partial charge in [-0.1, -0.05) is 6.92 Å². The van der Waals surface area contributed by atoms with Gasteiger partial charge in [-0.3, -0.25) is 4.68 Å². The number of ether oxygens (including phenoxy) is 1. The second-order valence-electron chi connectivity index (χ2n) is 3.98. The van der Waals surface area contributed by atoms with E-state index >= 15 is 0 Å². The molecule has 1 aromatic heterocycles. The first-order chi connectivity index (χ1) is 8.24. The highest BCUT2D eigenvalue weighted by atomic mass is 35.5. The maximum atomic E-state index is 5.85. The Morgan fingerprint density at radius 3 is 2.82 bits per heavy atom. The third-order valence-corrected chi connectivity index (χ3v) is 3.07. The number of nitrogens with zero attached hydrogens (tertiary/aromatic N) is 2. The van der Waals surface area contributed by atoms with Crippen LogP contribution >= 0.6 is 11.6 Å². The molecule has 0 saturated carbocycles. The van der Waals surface area contributed by atoms with Crippen LogP contribution in [-0.4, -0.2) is 35.4 Å². The van der Waals surface area contributed by atoms with E-state index < -0.39 is 0 Å². The van der Waals surface area contributed by atoms with Gasteiger partial charge >= 0.3 is 0 Å². The first-order valence-electron chi connectivity index (χ1n) is 6.09. The second-order valence-corrected chi connectivity index (χ2v) is 4.29. The normalized spacial score (nSPS) is 12.9. The Bertz CT molecular complexity index is 328. The Morgan fingerprint density at radius 1 is 1.53 bits per heavy atom. The van der Waals surface area contributed by atoms with Crippen molar-refractivity contribution in [2.75, 3.05) is 19.6 Å². The Kier molecular flexibility index (Phi) is 6.55. The summed E-state index contributed by atoms with van der Waals surface area (Å²) in [5, 5.41) is 7.89. The standard InChI is InChI=1S/C12H22ClN3O/c1-4-10-6-12(16(5-2)15-10)8-14-11(7-13)9-17-3/h6,11,14H,4-5,7-9H2,1-3H3. The average molecular weight is 260 g/mol. The van der Waals surface area contributed by atoms with E-state index in [2.05, 4.69) is 30.3 Å². The molecule has 0 radical (unpaired) electrons. The summed E-state index contributed by atoms with van der Waals surface area (Å²) >= 11 is 5.85. The molecular formula is C12H22ClN3O. The summed E-state index contributed by atoms with van der Waals surface area (Å²) in [5.41, 5.74) is 2.34. The van der Waals surface area contributed by atoms with Crippen molar-refractivity contribution in [3.63, 3.8) is 0 Å². The van der Waals surface area contributed by atoms with Gasteiger partial charge in [0.1, 0.15) is 0 Å². The van der Waals surface area contributed by atoms with Crippen molar-refractivity contribution in [1.29, 1.82) is 0 Å². The van der Waals surface area contributed by atoms with Crippen molar-refractivity contribution in [2.24, 2.45) is 0 Å². The minimum absolute atomic E-state index is 0.187. The van der Waals surface area contributed by atoms with Crippen molar-refractivity contribution in [2.45, 2.75) is 39.4 Å². The number of rotatable bonds is 8. The molecule has 0 bridgehead atoms. The molecule has 0 aromatic carbocycles. The van der Waals surface area contributed by atoms with Crippen LogP contribution in [0.1, 0.15) is 25.2 Å². The fourth-order valence-corrected chi connectivity index (χ4v) is 1.91. The fraction of sp³-hybridized carbons (Fsp3) is 0.750. The molecule has 0 aliphatic rings. The van der Waals surface area contributed by atoms with Gasteiger partial charge in [0.05, 0.1) is 18.0 Å². The van der Waals surface area contributed by atoms with E-state index in [0.29, 0.717) is 12.5 Å². The Morgan fingerprint density at radius 2 is 2.29 bits per heavy atom. The van der Waals surface area contributed by atoms with E-state index in [9.17, 15) is 0 Å². The number of halogens is 1. The van der Waals surface area contributed by atoms with Crippen molar-refractivity contribution in [1.82, 2.24) is 15.1 Å². The lowest BCUT2D eigenvalue weighted by atomic mass is 10.3. The molecule has 0 amide bonds. The Hall–Kier alpha value is -0.580. The van der Waals surface area contributed by atoms with Crippen LogP contribution in [0.15, 0.2) is 6.07 Å². The fourth-order valence-electron chi connectivity index (χ4n) is 1.71. The van der Waals surface area contributed by atoms with Gasteiger partial charge in [-0.25, -0.2) is 0 Å². The quantitative estimate of drug-likeness (QED) is 0.724. The van der Waals surface area contributed by atoms with E-state index in [4.69, 9.17) is 16.3 Å². The van der Waals surface area contributed by atoms with Crippen LogP contribution in [0.5, 0.6) is 0 Å². The maximum Gasteiger partial charge on any atom is 0.0627 e. The second kappa shape index (κ2) is 7.69. The van der Waals surface area contributed by atoms with E-state index in [1.54, 1.807) is 7.11 Å². The van der Waals surface area contributed by atoms with E-state index in [0.717, 1.165) is 25.2 Å². The molecule has 0 saturated heterocycles. The summed E-state index contributed by atoms with van der Waals surface area (Å²) in [4.78, 5) is 0. The molecule has 0 aliphatic carbocycles. The van der Waals surface area contributed by atoms with Gasteiger partial charge in [0.2, 0.25) is 0 Å². The largest absolute Gasteiger partial charge is 0.383 e. The zero-order valence-electron chi connectivity index (χ0n) is 10.9. The number of hydrogen-bond acceptors (Lipinski definition) is 3. The molecule has 0 aliphatic heterocycles. The lowest BCUT2D eigenvalue weighted by Gasteiger charge is -2.15. The number of methoxy groups -OCH3 is 1. The summed E-state index contributed by atoms with van der Waals surface area (Å²) in [6, 6.07) is 2.33. The third-order valence-electron chi connectivity index (χ3n) is 2.70. The summed E-state index contributed by atoms with van der Waals surface area (Å²) in [7, 11) is 1.69. The van der Waals surface area contributed by atoms with Gasteiger partial charge < -0.3 is 10.1 Å². The summed E-state index contributed by atoms with van der Waals surface area (Å²) in [6.07, 6.45) is 0.969. The number of aryl methyl sites for hydroxylation is 2. The molecule has 1 unspecified atom stereocenters. The van der Waals surface area contributed by atoms with Gasteiger partial charge in [-0.15, -0.1) is 11.6 Å². The first-order valence-corrected chi connectivity index (χ1v) is 6.62. The summed E-state index contributed by atoms with van der Waals surface area (Å²) in [6.45, 7) is 6.52. The van der Waals surface area contributed by atoms with E-state index in [1.165, 1.54) is 5.69 Å². The van der Waals surface area contributed by atoms with Gasteiger partial charge in [0.25, 0.3) is 0 Å². The SMILES string of the molecule is CCc1cc(CNC(CCl)COC)n(CC)n1. The molecule has 98 valence electrons. The maximum absolute atomic E-state index is 5.85. The molecule has 1 rings (SSSR count). The van der Waals surface area contributed by atoms with Crippen LogP contribution in [0.3, 0.4) is 0 Å². The topological polar surface area (TPSA) is 39.1 Å². The average Bonchev–Trinajstić information content (AvgIpc) is 2.76. The molecule has 1 aromatic rings. The highest BCUT2D eigenvalue weighted by molar-refractivity contribution is 6.18. The number of nitrogens with one attached hydrogen (secondary N) is 1. The van der Waals surface area contributed by atoms with E-state index in [1.807, 2.05) is 4.68 Å². The van der Waals surface area contributed by atoms with Crippen LogP contribution in [0, 0.1) is 0 Å². The van der Waals surface area contributed by atoms with Gasteiger partial charge in [-0.05, 0) is 19.4 Å². The summed E-state index contributed by atoms with van der Waals surface area (Å²) in [5.74, 6) is 0.550. The van der Waals surface area contributed by atoms with Crippen LogP contribution in [-0.2, 0) is 24.2 Å². The highest BCUT2D eigenvalue weighted by Gasteiger charge is 2.09. The van der Waals surface area contributed by atoms with Crippen molar-refractivity contribution in [3.05, 3.63) is 17.5 Å². The molecule has 5 heteroatoms. The Balaban J connectivity index is 2.57. The Labute approximate surface area is 108 Å². The van der Waals surface area contributed by atoms with E-state index in [-0.39, 0.29) is 6.04 Å². The zero-order chi connectivity index (χ0) is 12.7. The predicted octanol–water partition coefficient (Wildman–Crippen LogP) is 1.81. The van der Waals surface area contributed by atoms with Gasteiger partial charge in [0.15, 0.2) is 0 Å². The van der Waals surface area contributed by atoms with Gasteiger partial charge in [0, 0.05) is 32.1 Å². The van der Waals surface area contributed by atoms with Crippen LogP contribution in [0.4, 0.5) is 0 Å². The van der Waals surface area contributed by atoms with Crippen LogP contribution in [0.25, 0.3) is 0 Å². The molecule has 4 nitrogen and oxygen atoms in total. The van der Waals surface area contributed by atoms with Crippen LogP contribution in [0.2, 0.25) is 0 Å². The number of alkyl halides is 1. The molecule has 17 heavy (non-hydrogen) atoms. The van der Waals surface area contributed by atoms with Crippen LogP contribution < -0.4 is 5.32 Å². The molecule has 0 spiro atoms. The molecule has 0 fully saturated rings. The molecule has 1 N–H and O–H groups in total. The monoisotopic (exact) mass is 259 g/mol. The van der Waals surface area contributed by atoms with Crippen molar-refractivity contribution < 1.29 is 4.74 Å². The minimum atomic E-state index is 0.187. The molecular weight excluding hydrogens is 238 g/mol. The smallest absolute Gasteiger partial charge is 0.0627 e. The van der Waals surface area contributed by atoms with Gasteiger partial charge in [-0.2, -0.15) is 5.10 Å².